The van der Waals surface area contributed by atoms with Crippen LogP contribution in [0.2, 0.25) is 0 Å². The maximum Gasteiger partial charge on any atom is 0.203 e. The largest absolute Gasteiger partial charge is 0.497 e. The van der Waals surface area contributed by atoms with Crippen LogP contribution < -0.4 is 40.2 Å². The molecule has 22 heteroatoms. The highest BCUT2D eigenvalue weighted by Gasteiger charge is 2.29. The van der Waals surface area contributed by atoms with E-state index < -0.39 is 0 Å². The number of pyridine rings is 6. The van der Waals surface area contributed by atoms with Crippen molar-refractivity contribution < 1.29 is 18.9 Å². The van der Waals surface area contributed by atoms with E-state index in [1.54, 1.807) is 57.7 Å². The molecule has 12 aromatic rings. The fourth-order valence-electron chi connectivity index (χ4n) is 11.3. The number of hydrogen-bond donors (Lipinski definition) is 4. The van der Waals surface area contributed by atoms with Crippen molar-refractivity contribution in [1.29, 1.82) is 0 Å². The molecule has 0 radical (unpaired) electrons. The summed E-state index contributed by atoms with van der Waals surface area (Å²) in [4.78, 5) is 26.6. The zero-order chi connectivity index (χ0) is 66.8. The third-order valence-electron chi connectivity index (χ3n) is 17.2. The lowest BCUT2D eigenvalue weighted by Gasteiger charge is -2.15. The highest BCUT2D eigenvalue weighted by atomic mass is 16.5. The minimum atomic E-state index is 0. The smallest absolute Gasteiger partial charge is 0.203 e. The van der Waals surface area contributed by atoms with Crippen LogP contribution in [0.15, 0.2) is 207 Å². The molecular formula is C76H84N18O4. The molecule has 0 bridgehead atoms. The monoisotopic (exact) mass is 1310 g/mol. The number of fused-ring (bicyclic) bond motifs is 4. The van der Waals surface area contributed by atoms with E-state index in [2.05, 4.69) is 110 Å². The summed E-state index contributed by atoms with van der Waals surface area (Å²) in [5.74, 6) is 12.0. The molecule has 0 amide bonds. The van der Waals surface area contributed by atoms with Gasteiger partial charge in [0.1, 0.15) is 29.0 Å². The number of methoxy groups -OCH3 is 4. The summed E-state index contributed by atoms with van der Waals surface area (Å²) in [6, 6.07) is 43.2. The van der Waals surface area contributed by atoms with Crippen LogP contribution in [-0.4, -0.2) is 96.8 Å². The quantitative estimate of drug-likeness (QED) is 0.0390. The first kappa shape index (κ1) is 66.6. The summed E-state index contributed by atoms with van der Waals surface area (Å²) >= 11 is 0. The van der Waals surface area contributed by atoms with Gasteiger partial charge in [0, 0.05) is 74.3 Å². The van der Waals surface area contributed by atoms with Crippen molar-refractivity contribution in [2.75, 3.05) is 49.7 Å². The molecule has 4 N–H and O–H groups in total. The van der Waals surface area contributed by atoms with Gasteiger partial charge in [-0.05, 0) is 166 Å². The van der Waals surface area contributed by atoms with E-state index in [1.807, 2.05) is 135 Å². The fourth-order valence-corrected chi connectivity index (χ4v) is 11.3. The van der Waals surface area contributed by atoms with Crippen LogP contribution in [0.1, 0.15) is 87.7 Å². The Kier molecular flexibility index (Phi) is 20.8. The Morgan fingerprint density at radius 1 is 0.408 bits per heavy atom. The molecule has 16 rings (SSSR count). The van der Waals surface area contributed by atoms with Gasteiger partial charge in [0.15, 0.2) is 57.4 Å². The van der Waals surface area contributed by atoms with Crippen LogP contribution >= 0.6 is 0 Å². The molecular weight excluding hydrogens is 1230 g/mol. The zero-order valence-corrected chi connectivity index (χ0v) is 55.2. The SMILES string of the molecule is C.C=C(Cc1nc2cccc(NCc3ccc(OC)cc3)n2n1)C1CC1.C=C(Cc1nc2cccc(Nc3cc(OC)c(OC)c(OC)c3)n2n1)C1CC1.C=C(Cc1nc2cccc(Nc3cccnc3)n2n1)C1CC1.C=C(Cc1nc2cccc(Nc3ccncc3)n2n1)C1CC1. The van der Waals surface area contributed by atoms with Crippen LogP contribution in [-0.2, 0) is 32.2 Å². The van der Waals surface area contributed by atoms with E-state index in [0.717, 1.165) is 118 Å². The summed E-state index contributed by atoms with van der Waals surface area (Å²) in [7, 11) is 6.45. The lowest BCUT2D eigenvalue weighted by Crippen LogP contribution is -2.05. The molecule has 0 spiro atoms. The summed E-state index contributed by atoms with van der Waals surface area (Å²) in [5.41, 5.74) is 12.2. The van der Waals surface area contributed by atoms with Gasteiger partial charge in [-0.25, -0.2) is 19.9 Å². The average molecular weight is 1310 g/mol. The van der Waals surface area contributed by atoms with Crippen molar-refractivity contribution in [2.24, 2.45) is 23.7 Å². The summed E-state index contributed by atoms with van der Waals surface area (Å²) in [5, 5.41) is 32.1. The molecule has 98 heavy (non-hydrogen) atoms. The number of aromatic nitrogens is 14. The topological polar surface area (TPSA) is 232 Å². The van der Waals surface area contributed by atoms with Crippen molar-refractivity contribution >= 4 is 62.9 Å². The maximum atomic E-state index is 5.43. The molecule has 22 nitrogen and oxygen atoms in total. The molecule has 0 aliphatic heterocycles. The third kappa shape index (κ3) is 16.8. The van der Waals surface area contributed by atoms with Crippen molar-refractivity contribution in [3.05, 3.63) is 236 Å². The second-order valence-corrected chi connectivity index (χ2v) is 24.7. The van der Waals surface area contributed by atoms with Gasteiger partial charge in [-0.15, -0.1) is 20.4 Å². The first-order valence-electron chi connectivity index (χ1n) is 32.8. The number of allylic oxidation sites excluding steroid dienone is 4. The second kappa shape index (κ2) is 30.5. The summed E-state index contributed by atoms with van der Waals surface area (Å²) < 4.78 is 28.8. The number of hydrogen-bond acceptors (Lipinski definition) is 18. The van der Waals surface area contributed by atoms with Crippen LogP contribution in [0, 0.1) is 23.7 Å². The van der Waals surface area contributed by atoms with Crippen LogP contribution in [0.4, 0.5) is 40.3 Å². The molecule has 4 saturated carbocycles. The third-order valence-corrected chi connectivity index (χ3v) is 17.2. The predicted molar refractivity (Wildman–Crippen MR) is 386 cm³/mol. The Labute approximate surface area is 570 Å². The zero-order valence-electron chi connectivity index (χ0n) is 55.2. The lowest BCUT2D eigenvalue weighted by molar-refractivity contribution is 0.324. The molecule has 0 unspecified atom stereocenters. The first-order chi connectivity index (χ1) is 47.4. The Morgan fingerprint density at radius 2 is 0.796 bits per heavy atom. The van der Waals surface area contributed by atoms with E-state index in [1.165, 1.54) is 79.2 Å². The first-order valence-corrected chi connectivity index (χ1v) is 32.8. The number of nitrogens with zero attached hydrogens (tertiary/aromatic N) is 14. The maximum absolute atomic E-state index is 5.43. The van der Waals surface area contributed by atoms with E-state index in [9.17, 15) is 0 Å². The van der Waals surface area contributed by atoms with Gasteiger partial charge >= 0.3 is 0 Å². The minimum absolute atomic E-state index is 0. The Hall–Kier alpha value is -11.4. The predicted octanol–water partition coefficient (Wildman–Crippen LogP) is 15.3. The van der Waals surface area contributed by atoms with Crippen LogP contribution in [0.3, 0.4) is 0 Å². The van der Waals surface area contributed by atoms with E-state index >= 15 is 0 Å². The van der Waals surface area contributed by atoms with Gasteiger partial charge in [0.2, 0.25) is 5.75 Å². The Morgan fingerprint density at radius 3 is 1.16 bits per heavy atom. The van der Waals surface area contributed by atoms with Gasteiger partial charge in [0.05, 0.1) is 40.3 Å². The standard InChI is InChI=1S/C21H24N4O3.C20H22N4O.2C17H17N5.CH4/c1-13(14-8-9-14)10-18-23-20-7-5-6-19(25(20)24-18)22-15-11-16(26-2)21(28-4)17(12-15)27-3;1-14(16-8-9-16)12-18-22-20-5-3-4-19(24(20)23-18)21-13-15-6-10-17(25-2)11-7-15;1-12(13-7-8-13)10-15-20-17-6-2-5-16(22(17)21-15)19-14-4-3-9-18-11-14;1-12(13-5-6-13)11-15-20-17-4-2-3-16(22(17)21-15)19-14-7-9-18-10-8-14;/h5-7,11-12,14,22H,1,8-10H2,2-4H3;3-7,10-11,16,21H,1,8-9,12-13H2,2H3;2-6,9,11,13,19H,1,7-8,10H2;2-4,7-10,13H,1,5-6,11H2,(H,18,19);1H4. The molecule has 0 atom stereocenters. The molecule has 502 valence electrons. The summed E-state index contributed by atoms with van der Waals surface area (Å²) in [6.07, 6.45) is 20.1. The van der Waals surface area contributed by atoms with Crippen molar-refractivity contribution in [1.82, 2.24) is 68.4 Å². The minimum Gasteiger partial charge on any atom is -0.497 e. The van der Waals surface area contributed by atoms with Gasteiger partial charge in [-0.2, -0.15) is 18.1 Å². The van der Waals surface area contributed by atoms with E-state index in [4.69, 9.17) is 18.9 Å². The number of rotatable bonds is 25. The van der Waals surface area contributed by atoms with Crippen molar-refractivity contribution in [2.45, 2.75) is 91.0 Å². The average Bonchev–Trinajstić information content (AvgIpc) is 1.23. The highest BCUT2D eigenvalue weighted by Crippen LogP contribution is 2.42. The number of benzene rings is 2. The highest BCUT2D eigenvalue weighted by molar-refractivity contribution is 5.68. The number of ether oxygens (including phenoxy) is 4. The molecule has 4 aliphatic carbocycles. The normalized spacial score (nSPS) is 13.7. The fraction of sp³-hybridized carbons (Fsp3) is 0.289. The van der Waals surface area contributed by atoms with Gasteiger partial charge in [0.25, 0.3) is 0 Å². The Balaban J connectivity index is 0.000000124. The van der Waals surface area contributed by atoms with Gasteiger partial charge in [-0.1, -0.05) is 92.4 Å². The van der Waals surface area contributed by atoms with Gasteiger partial charge < -0.3 is 40.2 Å². The number of nitrogens with one attached hydrogen (secondary N) is 4. The molecule has 10 heterocycles. The molecule has 10 aromatic heterocycles. The van der Waals surface area contributed by atoms with Gasteiger partial charge in [-0.3, -0.25) is 9.97 Å². The summed E-state index contributed by atoms with van der Waals surface area (Å²) in [6.45, 7) is 17.4. The molecule has 0 saturated heterocycles. The lowest BCUT2D eigenvalue weighted by atomic mass is 10.1. The van der Waals surface area contributed by atoms with Crippen LogP contribution in [0.25, 0.3) is 22.6 Å². The second-order valence-electron chi connectivity index (χ2n) is 24.7. The van der Waals surface area contributed by atoms with Crippen molar-refractivity contribution in [3.63, 3.8) is 0 Å². The molecule has 4 fully saturated rings. The van der Waals surface area contributed by atoms with Crippen LogP contribution in [0.5, 0.6) is 23.0 Å². The van der Waals surface area contributed by atoms with E-state index in [-0.39, 0.29) is 7.43 Å². The van der Waals surface area contributed by atoms with E-state index in [0.29, 0.717) is 47.5 Å². The molecule has 2 aromatic carbocycles. The van der Waals surface area contributed by atoms with Crippen molar-refractivity contribution in [3.8, 4) is 23.0 Å². The Bertz CT molecular complexity index is 4590. The number of anilines is 7. The molecule has 4 aliphatic rings.